The maximum Gasteiger partial charge on any atom is 0.552 e. The van der Waals surface area contributed by atoms with Crippen molar-refractivity contribution < 1.29 is 9.68 Å². The van der Waals surface area contributed by atoms with E-state index in [1.165, 1.54) is 12.0 Å². The summed E-state index contributed by atoms with van der Waals surface area (Å²) in [5.74, 6) is 3.01. The highest BCUT2D eigenvalue weighted by molar-refractivity contribution is 6.52. The van der Waals surface area contributed by atoms with E-state index in [-0.39, 0.29) is 0 Å². The van der Waals surface area contributed by atoms with E-state index in [2.05, 4.69) is 22.2 Å². The van der Waals surface area contributed by atoms with Crippen LogP contribution >= 0.6 is 0 Å². The second-order valence-corrected chi connectivity index (χ2v) is 6.13. The maximum atomic E-state index is 10.0. The van der Waals surface area contributed by atoms with Gasteiger partial charge in [0.15, 0.2) is 0 Å². The molecule has 5 nitrogen and oxygen atoms in total. The third kappa shape index (κ3) is 2.23. The number of hydrogen-bond acceptors (Lipinski definition) is 4. The van der Waals surface area contributed by atoms with Gasteiger partial charge < -0.3 is 20.0 Å². The lowest BCUT2D eigenvalue weighted by Gasteiger charge is -2.25. The molecule has 1 aliphatic heterocycles. The predicted molar refractivity (Wildman–Crippen MR) is 87.5 cm³/mol. The van der Waals surface area contributed by atoms with Crippen molar-refractivity contribution >= 4 is 23.7 Å². The van der Waals surface area contributed by atoms with Crippen LogP contribution < -0.4 is 9.97 Å². The fourth-order valence-corrected chi connectivity index (χ4v) is 3.86. The first-order valence-corrected chi connectivity index (χ1v) is 8.02. The van der Waals surface area contributed by atoms with Crippen molar-refractivity contribution in [1.82, 2.24) is 15.3 Å². The predicted octanol–water partition coefficient (Wildman–Crippen LogP) is 2.14. The van der Waals surface area contributed by atoms with Crippen molar-refractivity contribution in [3.05, 3.63) is 30.0 Å². The van der Waals surface area contributed by atoms with Crippen LogP contribution in [0.5, 0.6) is 5.75 Å². The van der Waals surface area contributed by atoms with Crippen LogP contribution in [0.25, 0.3) is 16.6 Å². The first-order valence-electron chi connectivity index (χ1n) is 8.02. The third-order valence-electron chi connectivity index (χ3n) is 4.78. The molecule has 114 valence electrons. The van der Waals surface area contributed by atoms with Crippen LogP contribution in [0, 0.1) is 5.92 Å². The van der Waals surface area contributed by atoms with Crippen LogP contribution in [-0.4, -0.2) is 34.7 Å². The van der Waals surface area contributed by atoms with Gasteiger partial charge in [0.2, 0.25) is 0 Å². The van der Waals surface area contributed by atoms with E-state index in [1.54, 1.807) is 6.20 Å². The van der Waals surface area contributed by atoms with Crippen molar-refractivity contribution in [1.29, 1.82) is 0 Å². The highest BCUT2D eigenvalue weighted by Gasteiger charge is 2.34. The van der Waals surface area contributed by atoms with Gasteiger partial charge in [-0.05, 0) is 49.3 Å². The average Bonchev–Trinajstić information content (AvgIpc) is 3.15. The number of allylic oxidation sites excluding steroid dienone is 1. The fraction of sp³-hybridized carbons (Fsp3) is 0.438. The summed E-state index contributed by atoms with van der Waals surface area (Å²) in [6.07, 6.45) is 7.05. The van der Waals surface area contributed by atoms with Gasteiger partial charge in [-0.3, -0.25) is 0 Å². The van der Waals surface area contributed by atoms with Crippen LogP contribution in [0.3, 0.4) is 0 Å². The molecule has 0 bridgehead atoms. The van der Waals surface area contributed by atoms with Gasteiger partial charge in [0.05, 0.1) is 6.20 Å². The minimum absolute atomic E-state index is 0.460. The van der Waals surface area contributed by atoms with E-state index in [0.717, 1.165) is 36.0 Å². The summed E-state index contributed by atoms with van der Waals surface area (Å²) in [5.41, 5.74) is 3.17. The Morgan fingerprint density at radius 3 is 3.27 bits per heavy atom. The second kappa shape index (κ2) is 5.45. The Labute approximate surface area is 129 Å². The summed E-state index contributed by atoms with van der Waals surface area (Å²) in [7, 11) is -0.876. The summed E-state index contributed by atoms with van der Waals surface area (Å²) in [5, 5.41) is 14.6. The standard InChI is InChI=1S/C16H20BN3O2/c1-2-18-11-4-3-10(7-11)13-8-17(21)22-14-9-20-16-12(15(13)14)5-6-19-16/h5-6,8-11,18,21H,2-4,7H2,1H3,(H,19,20)/t10-,11+/m1/s1. The highest BCUT2D eigenvalue weighted by Crippen LogP contribution is 2.44. The molecule has 1 fully saturated rings. The molecule has 2 aromatic heterocycles. The van der Waals surface area contributed by atoms with Crippen LogP contribution in [0.1, 0.15) is 31.7 Å². The smallest absolute Gasteiger partial charge is 0.531 e. The van der Waals surface area contributed by atoms with Gasteiger partial charge in [-0.15, -0.1) is 0 Å². The number of rotatable bonds is 3. The molecule has 0 radical (unpaired) electrons. The average molecular weight is 297 g/mol. The SMILES string of the molecule is CCN[C@H]1CC[C@@H](C2=CB(O)Oc3cnc4[nH]ccc4c32)C1. The van der Waals surface area contributed by atoms with Gasteiger partial charge in [-0.25, -0.2) is 4.98 Å². The first-order chi connectivity index (χ1) is 10.8. The Bertz CT molecular complexity index is 727. The first kappa shape index (κ1) is 13.8. The highest BCUT2D eigenvalue weighted by atomic mass is 16.5. The molecule has 6 heteroatoms. The molecule has 1 aliphatic carbocycles. The molecular weight excluding hydrogens is 277 g/mol. The Morgan fingerprint density at radius 2 is 2.41 bits per heavy atom. The number of nitrogens with zero attached hydrogens (tertiary/aromatic N) is 1. The van der Waals surface area contributed by atoms with Crippen molar-refractivity contribution in [2.75, 3.05) is 6.54 Å². The molecule has 0 amide bonds. The fourth-order valence-electron chi connectivity index (χ4n) is 3.86. The summed E-state index contributed by atoms with van der Waals surface area (Å²) < 4.78 is 5.56. The van der Waals surface area contributed by atoms with Gasteiger partial charge in [0.1, 0.15) is 11.4 Å². The molecule has 0 saturated heterocycles. The lowest BCUT2D eigenvalue weighted by atomic mass is 9.76. The number of fused-ring (bicyclic) bond motifs is 3. The molecular formula is C16H20BN3O2. The molecule has 4 rings (SSSR count). The molecule has 2 atom stereocenters. The van der Waals surface area contributed by atoms with Crippen LogP contribution in [0.2, 0.25) is 0 Å². The van der Waals surface area contributed by atoms with Gasteiger partial charge in [0, 0.05) is 23.2 Å². The number of nitrogens with one attached hydrogen (secondary N) is 2. The van der Waals surface area contributed by atoms with E-state index in [4.69, 9.17) is 4.65 Å². The van der Waals surface area contributed by atoms with E-state index >= 15 is 0 Å². The van der Waals surface area contributed by atoms with Crippen LogP contribution in [0.15, 0.2) is 24.4 Å². The topological polar surface area (TPSA) is 70.2 Å². The molecule has 2 aliphatic rings. The van der Waals surface area contributed by atoms with E-state index < -0.39 is 7.12 Å². The zero-order valence-electron chi connectivity index (χ0n) is 12.7. The largest absolute Gasteiger partial charge is 0.552 e. The molecule has 3 N–H and O–H groups in total. The van der Waals surface area contributed by atoms with Crippen LogP contribution in [-0.2, 0) is 0 Å². The second-order valence-electron chi connectivity index (χ2n) is 6.13. The molecule has 0 unspecified atom stereocenters. The van der Waals surface area contributed by atoms with Gasteiger partial charge in [0.25, 0.3) is 0 Å². The third-order valence-corrected chi connectivity index (χ3v) is 4.78. The minimum atomic E-state index is -0.876. The Hall–Kier alpha value is -1.79. The zero-order valence-corrected chi connectivity index (χ0v) is 12.7. The van der Waals surface area contributed by atoms with Gasteiger partial charge in [-0.1, -0.05) is 6.92 Å². The van der Waals surface area contributed by atoms with E-state index in [0.29, 0.717) is 17.7 Å². The molecule has 2 aromatic rings. The summed E-state index contributed by atoms with van der Waals surface area (Å²) in [6, 6.07) is 2.61. The van der Waals surface area contributed by atoms with E-state index in [9.17, 15) is 5.02 Å². The quantitative estimate of drug-likeness (QED) is 0.759. The van der Waals surface area contributed by atoms with Gasteiger partial charge >= 0.3 is 7.12 Å². The van der Waals surface area contributed by atoms with Crippen LogP contribution in [0.4, 0.5) is 0 Å². The van der Waals surface area contributed by atoms with Gasteiger partial charge in [-0.2, -0.15) is 0 Å². The molecule has 22 heavy (non-hydrogen) atoms. The molecule has 0 spiro atoms. The van der Waals surface area contributed by atoms with Crippen molar-refractivity contribution in [2.45, 2.75) is 32.2 Å². The number of aromatic nitrogens is 2. The number of H-pyrrole nitrogens is 1. The number of pyridine rings is 1. The normalized spacial score (nSPS) is 24.3. The Kier molecular flexibility index (Phi) is 3.43. The number of hydrogen-bond donors (Lipinski definition) is 3. The summed E-state index contributed by atoms with van der Waals surface area (Å²) in [4.78, 5) is 7.52. The minimum Gasteiger partial charge on any atom is -0.531 e. The zero-order chi connectivity index (χ0) is 15.1. The Morgan fingerprint density at radius 1 is 1.50 bits per heavy atom. The van der Waals surface area contributed by atoms with Crippen molar-refractivity contribution in [2.24, 2.45) is 5.92 Å². The van der Waals surface area contributed by atoms with Crippen molar-refractivity contribution in [3.8, 4) is 5.75 Å². The van der Waals surface area contributed by atoms with E-state index in [1.807, 2.05) is 18.2 Å². The lowest BCUT2D eigenvalue weighted by molar-refractivity contribution is 0.425. The summed E-state index contributed by atoms with van der Waals surface area (Å²) in [6.45, 7) is 3.15. The monoisotopic (exact) mass is 297 g/mol. The molecule has 1 saturated carbocycles. The maximum absolute atomic E-state index is 10.0. The van der Waals surface area contributed by atoms with Crippen molar-refractivity contribution in [3.63, 3.8) is 0 Å². The lowest BCUT2D eigenvalue weighted by Crippen LogP contribution is -2.27. The molecule has 3 heterocycles. The molecule has 0 aromatic carbocycles. The number of aromatic amines is 1. The summed E-state index contributed by atoms with van der Waals surface area (Å²) >= 11 is 0. The Balaban J connectivity index is 1.75.